The van der Waals surface area contributed by atoms with Crippen molar-refractivity contribution < 1.29 is 9.53 Å². The first-order chi connectivity index (χ1) is 15.1. The number of piperidine rings is 1. The fourth-order valence-electron chi connectivity index (χ4n) is 3.70. The van der Waals surface area contributed by atoms with E-state index in [9.17, 15) is 4.79 Å². The first-order valence-electron chi connectivity index (χ1n) is 10.4. The maximum Gasteiger partial charge on any atom is 0.227 e. The number of rotatable bonds is 7. The van der Waals surface area contributed by atoms with E-state index in [1.165, 1.54) is 19.3 Å². The van der Waals surface area contributed by atoms with Gasteiger partial charge in [0.15, 0.2) is 10.6 Å². The Balaban J connectivity index is 1.36. The molecular weight excluding hydrogens is 412 g/mol. The number of nitrogens with zero attached hydrogens (tertiary/aromatic N) is 4. The molecule has 9 heteroatoms. The second-order valence-electron chi connectivity index (χ2n) is 7.48. The van der Waals surface area contributed by atoms with Crippen LogP contribution in [0.5, 0.6) is 5.75 Å². The maximum atomic E-state index is 12.5. The molecule has 0 aliphatic carbocycles. The minimum Gasteiger partial charge on any atom is -0.497 e. The second-order valence-corrected chi connectivity index (χ2v) is 7.87. The van der Waals surface area contributed by atoms with Gasteiger partial charge in [-0.25, -0.2) is 4.98 Å². The summed E-state index contributed by atoms with van der Waals surface area (Å²) in [6, 6.07) is 11.4. The molecule has 1 fully saturated rings. The second kappa shape index (κ2) is 9.74. The lowest BCUT2D eigenvalue weighted by molar-refractivity contribution is -0.116. The number of methoxy groups -OCH3 is 1. The van der Waals surface area contributed by atoms with Gasteiger partial charge in [0.1, 0.15) is 11.6 Å². The van der Waals surface area contributed by atoms with E-state index in [0.717, 1.165) is 30.1 Å². The van der Waals surface area contributed by atoms with Gasteiger partial charge in [-0.05, 0) is 67.9 Å². The highest BCUT2D eigenvalue weighted by molar-refractivity contribution is 7.71. The quantitative estimate of drug-likeness (QED) is 0.542. The highest BCUT2D eigenvalue weighted by Gasteiger charge is 2.13. The summed E-state index contributed by atoms with van der Waals surface area (Å²) < 4.78 is 7.50. The Hall–Kier alpha value is -3.20. The third kappa shape index (κ3) is 5.11. The third-order valence-electron chi connectivity index (χ3n) is 5.41. The van der Waals surface area contributed by atoms with E-state index in [4.69, 9.17) is 17.0 Å². The van der Waals surface area contributed by atoms with Crippen molar-refractivity contribution >= 4 is 29.6 Å². The molecule has 3 aromatic rings. The summed E-state index contributed by atoms with van der Waals surface area (Å²) >= 11 is 5.35. The van der Waals surface area contributed by atoms with Gasteiger partial charge < -0.3 is 15.0 Å². The zero-order chi connectivity index (χ0) is 21.6. The van der Waals surface area contributed by atoms with Crippen LogP contribution in [0.1, 0.15) is 25.7 Å². The van der Waals surface area contributed by atoms with Gasteiger partial charge >= 0.3 is 0 Å². The van der Waals surface area contributed by atoms with Crippen LogP contribution in [0.4, 0.5) is 11.5 Å². The number of pyridine rings is 1. The Morgan fingerprint density at radius 3 is 2.61 bits per heavy atom. The van der Waals surface area contributed by atoms with Crippen LogP contribution in [-0.4, -0.2) is 45.9 Å². The van der Waals surface area contributed by atoms with Crippen molar-refractivity contribution in [3.63, 3.8) is 0 Å². The maximum absolute atomic E-state index is 12.5. The number of hydrogen-bond donors (Lipinski definition) is 2. The van der Waals surface area contributed by atoms with Crippen LogP contribution in [-0.2, 0) is 11.3 Å². The number of hydrogen-bond acceptors (Lipinski definition) is 6. The van der Waals surface area contributed by atoms with E-state index in [1.54, 1.807) is 7.11 Å². The number of aromatic amines is 1. The molecule has 0 spiro atoms. The third-order valence-corrected chi connectivity index (χ3v) is 5.72. The lowest BCUT2D eigenvalue weighted by atomic mass is 10.1. The van der Waals surface area contributed by atoms with Crippen LogP contribution in [0.3, 0.4) is 0 Å². The number of carbonyl (C=O) groups excluding carboxylic acids is 1. The molecule has 1 aliphatic heterocycles. The number of ether oxygens (including phenoxy) is 1. The lowest BCUT2D eigenvalue weighted by Crippen LogP contribution is -2.29. The molecule has 1 aromatic carbocycles. The molecule has 31 heavy (non-hydrogen) atoms. The molecule has 162 valence electrons. The van der Waals surface area contributed by atoms with Gasteiger partial charge in [0.2, 0.25) is 5.91 Å². The highest BCUT2D eigenvalue weighted by atomic mass is 32.1. The SMILES string of the molecule is COc1ccc(-c2n[nH]c(=S)n2CCC(=O)Nc2ccc(N3CCCCC3)cn2)cc1. The molecular formula is C22H26N6O2S. The molecule has 0 radical (unpaired) electrons. The molecule has 8 nitrogen and oxygen atoms in total. The number of aromatic nitrogens is 4. The Labute approximate surface area is 186 Å². The number of amides is 1. The molecule has 2 aromatic heterocycles. The van der Waals surface area contributed by atoms with Gasteiger partial charge in [-0.3, -0.25) is 14.5 Å². The number of benzene rings is 1. The van der Waals surface area contributed by atoms with Crippen LogP contribution in [0.2, 0.25) is 0 Å². The number of H-pyrrole nitrogens is 1. The smallest absolute Gasteiger partial charge is 0.227 e. The number of carbonyl (C=O) groups is 1. The fourth-order valence-corrected chi connectivity index (χ4v) is 3.93. The largest absolute Gasteiger partial charge is 0.497 e. The minimum atomic E-state index is -0.123. The Bertz CT molecular complexity index is 1070. The zero-order valence-electron chi connectivity index (χ0n) is 17.5. The van der Waals surface area contributed by atoms with E-state index in [2.05, 4.69) is 25.4 Å². The summed E-state index contributed by atoms with van der Waals surface area (Å²) in [5.74, 6) is 1.88. The molecule has 0 bridgehead atoms. The Morgan fingerprint density at radius 1 is 1.16 bits per heavy atom. The van der Waals surface area contributed by atoms with Crippen molar-refractivity contribution in [2.24, 2.45) is 0 Å². The predicted octanol–water partition coefficient (Wildman–Crippen LogP) is 4.03. The normalized spacial score (nSPS) is 13.8. The van der Waals surface area contributed by atoms with Crippen molar-refractivity contribution in [2.75, 3.05) is 30.4 Å². The minimum absolute atomic E-state index is 0.123. The van der Waals surface area contributed by atoms with Crippen molar-refractivity contribution in [1.82, 2.24) is 19.7 Å². The van der Waals surface area contributed by atoms with Crippen LogP contribution < -0.4 is 15.0 Å². The van der Waals surface area contributed by atoms with E-state index >= 15 is 0 Å². The summed E-state index contributed by atoms with van der Waals surface area (Å²) in [7, 11) is 1.62. The molecule has 1 saturated heterocycles. The van der Waals surface area contributed by atoms with E-state index < -0.39 is 0 Å². The molecule has 0 unspecified atom stereocenters. The van der Waals surface area contributed by atoms with Crippen molar-refractivity contribution in [1.29, 1.82) is 0 Å². The average molecular weight is 439 g/mol. The highest BCUT2D eigenvalue weighted by Crippen LogP contribution is 2.22. The van der Waals surface area contributed by atoms with Gasteiger partial charge in [-0.15, -0.1) is 0 Å². The first-order valence-corrected chi connectivity index (χ1v) is 10.9. The fraction of sp³-hybridized carbons (Fsp3) is 0.364. The Kier molecular flexibility index (Phi) is 6.61. The van der Waals surface area contributed by atoms with E-state index in [1.807, 2.05) is 47.2 Å². The van der Waals surface area contributed by atoms with Crippen molar-refractivity contribution in [3.05, 3.63) is 47.4 Å². The van der Waals surface area contributed by atoms with Crippen LogP contribution in [0.15, 0.2) is 42.6 Å². The average Bonchev–Trinajstić information content (AvgIpc) is 3.19. The van der Waals surface area contributed by atoms with Gasteiger partial charge in [0.05, 0.1) is 19.0 Å². The molecule has 4 rings (SSSR count). The summed E-state index contributed by atoms with van der Waals surface area (Å²) in [5, 5.41) is 9.99. The molecule has 0 atom stereocenters. The predicted molar refractivity (Wildman–Crippen MR) is 123 cm³/mol. The molecule has 2 N–H and O–H groups in total. The molecule has 1 amide bonds. The monoisotopic (exact) mass is 438 g/mol. The summed E-state index contributed by atoms with van der Waals surface area (Å²) in [6.45, 7) is 2.54. The summed E-state index contributed by atoms with van der Waals surface area (Å²) in [4.78, 5) is 19.2. The van der Waals surface area contributed by atoms with Gasteiger partial charge in [0, 0.05) is 31.6 Å². The zero-order valence-corrected chi connectivity index (χ0v) is 18.3. The first kappa shape index (κ1) is 21.0. The Morgan fingerprint density at radius 2 is 1.94 bits per heavy atom. The van der Waals surface area contributed by atoms with Crippen LogP contribution in [0, 0.1) is 4.77 Å². The standard InChI is InChI=1S/C22H26N6O2S/c1-30-18-8-5-16(6-9-18)21-25-26-22(31)28(21)14-11-20(29)24-19-10-7-17(15-23-19)27-12-3-2-4-13-27/h5-10,15H,2-4,11-14H2,1H3,(H,26,31)(H,23,24,29). The van der Waals surface area contributed by atoms with Crippen molar-refractivity contribution in [2.45, 2.75) is 32.2 Å². The van der Waals surface area contributed by atoms with Crippen LogP contribution >= 0.6 is 12.2 Å². The van der Waals surface area contributed by atoms with Crippen molar-refractivity contribution in [3.8, 4) is 17.1 Å². The lowest BCUT2D eigenvalue weighted by Gasteiger charge is -2.28. The van der Waals surface area contributed by atoms with Gasteiger partial charge in [-0.2, -0.15) is 5.10 Å². The summed E-state index contributed by atoms with van der Waals surface area (Å²) in [6.07, 6.45) is 5.81. The number of nitrogens with one attached hydrogen (secondary N) is 2. The number of anilines is 2. The molecule has 1 aliphatic rings. The van der Waals surface area contributed by atoms with E-state index in [-0.39, 0.29) is 12.3 Å². The van der Waals surface area contributed by atoms with Crippen LogP contribution in [0.25, 0.3) is 11.4 Å². The summed E-state index contributed by atoms with van der Waals surface area (Å²) in [5.41, 5.74) is 2.00. The molecule has 3 heterocycles. The molecule has 0 saturated carbocycles. The topological polar surface area (TPSA) is 88.1 Å². The van der Waals surface area contributed by atoms with Gasteiger partial charge in [-0.1, -0.05) is 0 Å². The van der Waals surface area contributed by atoms with E-state index in [0.29, 0.717) is 23.0 Å². The van der Waals surface area contributed by atoms with Gasteiger partial charge in [0.25, 0.3) is 0 Å².